The van der Waals surface area contributed by atoms with E-state index in [9.17, 15) is 0 Å². The van der Waals surface area contributed by atoms with Crippen LogP contribution >= 0.6 is 0 Å². The first-order valence-corrected chi connectivity index (χ1v) is 7.98. The second-order valence-corrected chi connectivity index (χ2v) is 7.31. The van der Waals surface area contributed by atoms with E-state index < -0.39 is 0 Å². The number of rotatable bonds is 3. The van der Waals surface area contributed by atoms with Gasteiger partial charge in [-0.05, 0) is 55.2 Å². The molecule has 0 spiro atoms. The smallest absolute Gasteiger partial charge is 0.0476 e. The Morgan fingerprint density at radius 2 is 2.10 bits per heavy atom. The summed E-state index contributed by atoms with van der Waals surface area (Å²) >= 11 is 0. The zero-order valence-corrected chi connectivity index (χ0v) is 12.5. The Hall–Kier alpha value is -1.28. The molecule has 0 aliphatic heterocycles. The minimum Gasteiger partial charge on any atom is -0.357 e. The van der Waals surface area contributed by atoms with Gasteiger partial charge in [0.2, 0.25) is 0 Å². The highest BCUT2D eigenvalue weighted by molar-refractivity contribution is 5.85. The Morgan fingerprint density at radius 1 is 1.30 bits per heavy atom. The van der Waals surface area contributed by atoms with E-state index in [1.54, 1.807) is 5.56 Å². The van der Waals surface area contributed by atoms with Crippen LogP contribution in [0.1, 0.15) is 50.4 Å². The van der Waals surface area contributed by atoms with E-state index in [2.05, 4.69) is 48.4 Å². The lowest BCUT2D eigenvalue weighted by atomic mass is 9.91. The zero-order valence-electron chi connectivity index (χ0n) is 12.5. The van der Waals surface area contributed by atoms with E-state index in [-0.39, 0.29) is 0 Å². The Morgan fingerprint density at radius 3 is 2.90 bits per heavy atom. The maximum Gasteiger partial charge on any atom is 0.0476 e. The number of para-hydroxylation sites is 1. The highest BCUT2D eigenvalue weighted by Gasteiger charge is 2.45. The average molecular weight is 268 g/mol. The summed E-state index contributed by atoms with van der Waals surface area (Å²) in [5.74, 6) is 0.872. The predicted molar refractivity (Wildman–Crippen MR) is 83.9 cm³/mol. The Bertz CT molecular complexity index is 638. The second-order valence-electron chi connectivity index (χ2n) is 7.31. The molecular weight excluding hydrogens is 244 g/mol. The molecule has 4 rings (SSSR count). The number of aryl methyl sites for hydroxylation is 1. The molecule has 1 heterocycles. The topological polar surface area (TPSA) is 27.8 Å². The van der Waals surface area contributed by atoms with Gasteiger partial charge in [-0.25, -0.2) is 0 Å². The lowest BCUT2D eigenvalue weighted by molar-refractivity contribution is 0.422. The van der Waals surface area contributed by atoms with Crippen LogP contribution in [0, 0.1) is 11.3 Å². The van der Waals surface area contributed by atoms with Gasteiger partial charge in [0.05, 0.1) is 0 Å². The summed E-state index contributed by atoms with van der Waals surface area (Å²) < 4.78 is 0. The van der Waals surface area contributed by atoms with Gasteiger partial charge in [-0.15, -0.1) is 0 Å². The van der Waals surface area contributed by atoms with Crippen molar-refractivity contribution in [2.24, 2.45) is 11.3 Å². The standard InChI is InChI=1S/C18H24N2/c1-18(2)10-12(18)11-19-16-9-5-7-14-13-6-3-4-8-15(13)20-17(14)16/h3-4,6,8,12,16,19-20H,5,7,9-11H2,1-2H3. The summed E-state index contributed by atoms with van der Waals surface area (Å²) in [6.45, 7) is 5.94. The third kappa shape index (κ3) is 1.98. The van der Waals surface area contributed by atoms with Crippen molar-refractivity contribution in [3.8, 4) is 0 Å². The quantitative estimate of drug-likeness (QED) is 0.858. The van der Waals surface area contributed by atoms with Crippen LogP contribution < -0.4 is 5.32 Å². The number of fused-ring (bicyclic) bond motifs is 3. The summed E-state index contributed by atoms with van der Waals surface area (Å²) in [6, 6.07) is 9.27. The van der Waals surface area contributed by atoms with E-state index in [0.29, 0.717) is 11.5 Å². The van der Waals surface area contributed by atoms with Crippen molar-refractivity contribution in [1.82, 2.24) is 10.3 Å². The molecule has 1 saturated carbocycles. The maximum atomic E-state index is 3.83. The molecule has 106 valence electrons. The van der Waals surface area contributed by atoms with Crippen LogP contribution in [-0.2, 0) is 6.42 Å². The molecule has 2 nitrogen and oxygen atoms in total. The molecule has 0 amide bonds. The summed E-state index contributed by atoms with van der Waals surface area (Å²) in [4.78, 5) is 3.67. The summed E-state index contributed by atoms with van der Waals surface area (Å²) in [6.07, 6.45) is 5.19. The molecule has 1 aromatic carbocycles. The first-order valence-electron chi connectivity index (χ1n) is 7.98. The molecule has 0 radical (unpaired) electrons. The molecule has 2 aromatic rings. The fraction of sp³-hybridized carbons (Fsp3) is 0.556. The van der Waals surface area contributed by atoms with Gasteiger partial charge in [-0.2, -0.15) is 0 Å². The molecule has 20 heavy (non-hydrogen) atoms. The van der Waals surface area contributed by atoms with Gasteiger partial charge >= 0.3 is 0 Å². The van der Waals surface area contributed by atoms with Crippen molar-refractivity contribution in [2.45, 2.75) is 45.6 Å². The lowest BCUT2D eigenvalue weighted by Gasteiger charge is -2.24. The monoisotopic (exact) mass is 268 g/mol. The molecule has 0 bridgehead atoms. The minimum atomic E-state index is 0.530. The van der Waals surface area contributed by atoms with E-state index in [4.69, 9.17) is 0 Å². The van der Waals surface area contributed by atoms with E-state index in [1.807, 2.05) is 0 Å². The van der Waals surface area contributed by atoms with E-state index >= 15 is 0 Å². The van der Waals surface area contributed by atoms with Crippen molar-refractivity contribution in [2.75, 3.05) is 6.54 Å². The second kappa shape index (κ2) is 4.36. The Balaban J connectivity index is 1.58. The molecule has 1 aromatic heterocycles. The fourth-order valence-corrected chi connectivity index (χ4v) is 3.83. The fourth-order valence-electron chi connectivity index (χ4n) is 3.83. The predicted octanol–water partition coefficient (Wildman–Crippen LogP) is 4.18. The summed E-state index contributed by atoms with van der Waals surface area (Å²) in [5.41, 5.74) is 4.89. The molecule has 2 heteroatoms. The Kier molecular flexibility index (Phi) is 2.71. The largest absolute Gasteiger partial charge is 0.357 e. The highest BCUT2D eigenvalue weighted by atomic mass is 15.0. The zero-order chi connectivity index (χ0) is 13.7. The number of nitrogens with one attached hydrogen (secondary N) is 2. The van der Waals surface area contributed by atoms with Crippen molar-refractivity contribution < 1.29 is 0 Å². The maximum absolute atomic E-state index is 3.83. The third-order valence-electron chi connectivity index (χ3n) is 5.44. The summed E-state index contributed by atoms with van der Waals surface area (Å²) in [5, 5.41) is 5.26. The molecule has 2 atom stereocenters. The number of benzene rings is 1. The summed E-state index contributed by atoms with van der Waals surface area (Å²) in [7, 11) is 0. The van der Waals surface area contributed by atoms with Crippen LogP contribution in [0.25, 0.3) is 10.9 Å². The molecule has 2 aliphatic rings. The average Bonchev–Trinajstić information content (AvgIpc) is 2.89. The molecular formula is C18H24N2. The van der Waals surface area contributed by atoms with Crippen molar-refractivity contribution in [3.63, 3.8) is 0 Å². The first kappa shape index (κ1) is 12.5. The first-order chi connectivity index (χ1) is 9.65. The van der Waals surface area contributed by atoms with Crippen molar-refractivity contribution in [3.05, 3.63) is 35.5 Å². The van der Waals surface area contributed by atoms with Crippen molar-refractivity contribution in [1.29, 1.82) is 0 Å². The van der Waals surface area contributed by atoms with E-state index in [1.165, 1.54) is 48.8 Å². The van der Waals surface area contributed by atoms with Crippen LogP contribution in [-0.4, -0.2) is 11.5 Å². The normalized spacial score (nSPS) is 27.5. The Labute approximate surface area is 121 Å². The molecule has 0 saturated heterocycles. The van der Waals surface area contributed by atoms with Gasteiger partial charge < -0.3 is 10.3 Å². The van der Waals surface area contributed by atoms with Gasteiger partial charge in [0.25, 0.3) is 0 Å². The van der Waals surface area contributed by atoms with Gasteiger partial charge in [0.15, 0.2) is 0 Å². The van der Waals surface area contributed by atoms with Crippen LogP contribution in [0.2, 0.25) is 0 Å². The van der Waals surface area contributed by atoms with Crippen LogP contribution in [0.3, 0.4) is 0 Å². The number of H-pyrrole nitrogens is 1. The number of aromatic amines is 1. The number of hydrogen-bond acceptors (Lipinski definition) is 1. The highest BCUT2D eigenvalue weighted by Crippen LogP contribution is 2.51. The molecule has 2 aliphatic carbocycles. The van der Waals surface area contributed by atoms with E-state index in [0.717, 1.165) is 5.92 Å². The minimum absolute atomic E-state index is 0.530. The number of aromatic nitrogens is 1. The van der Waals surface area contributed by atoms with Gasteiger partial charge in [-0.3, -0.25) is 0 Å². The SMILES string of the molecule is CC1(C)CC1CNC1CCCc2c1[nH]c1ccccc21. The van der Waals surface area contributed by atoms with Crippen LogP contribution in [0.5, 0.6) is 0 Å². The molecule has 2 unspecified atom stereocenters. The van der Waals surface area contributed by atoms with Gasteiger partial charge in [0.1, 0.15) is 0 Å². The van der Waals surface area contributed by atoms with Gasteiger partial charge in [-0.1, -0.05) is 32.0 Å². The van der Waals surface area contributed by atoms with Gasteiger partial charge in [0, 0.05) is 22.6 Å². The van der Waals surface area contributed by atoms with Crippen LogP contribution in [0.15, 0.2) is 24.3 Å². The number of hydrogen-bond donors (Lipinski definition) is 2. The lowest BCUT2D eigenvalue weighted by Crippen LogP contribution is -2.27. The molecule has 1 fully saturated rings. The van der Waals surface area contributed by atoms with Crippen molar-refractivity contribution >= 4 is 10.9 Å². The third-order valence-corrected chi connectivity index (χ3v) is 5.44. The molecule has 2 N–H and O–H groups in total. The van der Waals surface area contributed by atoms with Crippen LogP contribution in [0.4, 0.5) is 0 Å².